The number of carbonyl (C=O) groups is 2. The van der Waals surface area contributed by atoms with Gasteiger partial charge in [0.15, 0.2) is 0 Å². The number of thioether (sulfide) groups is 1. The Morgan fingerprint density at radius 1 is 1.00 bits per heavy atom. The maximum absolute atomic E-state index is 13.2. The summed E-state index contributed by atoms with van der Waals surface area (Å²) in [6.07, 6.45) is 1.40. The number of hydrogen-bond donors (Lipinski definition) is 1. The lowest BCUT2D eigenvalue weighted by Gasteiger charge is -2.31. The van der Waals surface area contributed by atoms with Gasteiger partial charge in [0.25, 0.3) is 0 Å². The Morgan fingerprint density at radius 2 is 1.71 bits per heavy atom. The highest BCUT2D eigenvalue weighted by molar-refractivity contribution is 7.99. The molecule has 0 heterocycles. The van der Waals surface area contributed by atoms with Gasteiger partial charge in [-0.15, -0.1) is 11.8 Å². The smallest absolute Gasteiger partial charge is 0.243 e. The number of hydrogen-bond acceptors (Lipinski definition) is 3. The summed E-state index contributed by atoms with van der Waals surface area (Å²) in [5.41, 5.74) is 2.00. The van der Waals surface area contributed by atoms with Crippen molar-refractivity contribution < 1.29 is 9.59 Å². The molecule has 0 radical (unpaired) electrons. The van der Waals surface area contributed by atoms with Gasteiger partial charge in [-0.1, -0.05) is 73.4 Å². The highest BCUT2D eigenvalue weighted by Crippen LogP contribution is 2.25. The number of halogens is 2. The molecule has 2 amide bonds. The van der Waals surface area contributed by atoms with E-state index in [0.717, 1.165) is 17.5 Å². The monoisotopic (exact) mass is 480 g/mol. The molecule has 2 rings (SSSR count). The molecule has 2 atom stereocenters. The number of benzene rings is 2. The lowest BCUT2D eigenvalue weighted by Crippen LogP contribution is -2.51. The van der Waals surface area contributed by atoms with Crippen molar-refractivity contribution in [3.63, 3.8) is 0 Å². The molecular weight excluding hydrogens is 451 g/mol. The second-order valence-electron chi connectivity index (χ2n) is 7.49. The zero-order valence-corrected chi connectivity index (χ0v) is 20.6. The molecule has 0 spiro atoms. The van der Waals surface area contributed by atoms with E-state index in [-0.39, 0.29) is 23.6 Å². The third kappa shape index (κ3) is 8.06. The standard InChI is InChI=1S/C24H30Cl2N2O2S/c1-4-17(3)27-24(30)22(5-2)28(14-18-9-7-6-8-10-18)23(29)16-31-15-19-11-12-20(25)21(26)13-19/h6-13,17,22H,4-5,14-16H2,1-3H3,(H,27,30)/t17-,22-/m0/s1. The van der Waals surface area contributed by atoms with E-state index >= 15 is 0 Å². The Balaban J connectivity index is 2.10. The van der Waals surface area contributed by atoms with E-state index in [0.29, 0.717) is 28.8 Å². The van der Waals surface area contributed by atoms with Crippen LogP contribution in [0.25, 0.3) is 0 Å². The highest BCUT2D eigenvalue weighted by Gasteiger charge is 2.29. The molecule has 0 saturated carbocycles. The minimum Gasteiger partial charge on any atom is -0.352 e. The summed E-state index contributed by atoms with van der Waals surface area (Å²) in [4.78, 5) is 27.8. The van der Waals surface area contributed by atoms with Crippen LogP contribution in [-0.4, -0.2) is 34.6 Å². The van der Waals surface area contributed by atoms with Gasteiger partial charge in [0.1, 0.15) is 6.04 Å². The van der Waals surface area contributed by atoms with E-state index in [2.05, 4.69) is 5.32 Å². The zero-order chi connectivity index (χ0) is 22.8. The zero-order valence-electron chi connectivity index (χ0n) is 18.2. The van der Waals surface area contributed by atoms with Gasteiger partial charge < -0.3 is 10.2 Å². The molecule has 0 aromatic heterocycles. The number of rotatable bonds is 11. The predicted molar refractivity (Wildman–Crippen MR) is 132 cm³/mol. The molecule has 2 aromatic carbocycles. The van der Waals surface area contributed by atoms with E-state index in [1.165, 1.54) is 11.8 Å². The van der Waals surface area contributed by atoms with Crippen molar-refractivity contribution in [1.29, 1.82) is 0 Å². The lowest BCUT2D eigenvalue weighted by molar-refractivity contribution is -0.139. The van der Waals surface area contributed by atoms with Gasteiger partial charge in [0.2, 0.25) is 11.8 Å². The quantitative estimate of drug-likeness (QED) is 0.432. The normalized spacial score (nSPS) is 12.8. The Morgan fingerprint density at radius 3 is 2.32 bits per heavy atom. The van der Waals surface area contributed by atoms with Crippen LogP contribution >= 0.6 is 35.0 Å². The average molecular weight is 481 g/mol. The van der Waals surface area contributed by atoms with Gasteiger partial charge in [-0.3, -0.25) is 9.59 Å². The number of nitrogens with one attached hydrogen (secondary N) is 1. The Bertz CT molecular complexity index is 864. The number of nitrogens with zero attached hydrogens (tertiary/aromatic N) is 1. The minimum absolute atomic E-state index is 0.0555. The number of amides is 2. The van der Waals surface area contributed by atoms with Crippen LogP contribution in [0, 0.1) is 0 Å². The maximum atomic E-state index is 13.2. The molecule has 0 fully saturated rings. The van der Waals surface area contributed by atoms with Crippen LogP contribution in [0.2, 0.25) is 10.0 Å². The molecule has 168 valence electrons. The Labute approximate surface area is 199 Å². The molecule has 0 saturated heterocycles. The van der Waals surface area contributed by atoms with Gasteiger partial charge in [0.05, 0.1) is 15.8 Å². The summed E-state index contributed by atoms with van der Waals surface area (Å²) in [6.45, 7) is 6.34. The van der Waals surface area contributed by atoms with E-state index < -0.39 is 6.04 Å². The van der Waals surface area contributed by atoms with Crippen LogP contribution < -0.4 is 5.32 Å². The Kier molecular flexibility index (Phi) is 10.7. The molecule has 0 aliphatic heterocycles. The van der Waals surface area contributed by atoms with Crippen LogP contribution in [-0.2, 0) is 21.9 Å². The van der Waals surface area contributed by atoms with Crippen LogP contribution in [0.4, 0.5) is 0 Å². The third-order valence-corrected chi connectivity index (χ3v) is 6.79. The minimum atomic E-state index is -0.507. The summed E-state index contributed by atoms with van der Waals surface area (Å²) in [6, 6.07) is 14.8. The SMILES string of the molecule is CC[C@H](C)NC(=O)[C@H](CC)N(Cc1ccccc1)C(=O)CSCc1ccc(Cl)c(Cl)c1. The van der Waals surface area contributed by atoms with E-state index in [1.54, 1.807) is 11.0 Å². The van der Waals surface area contributed by atoms with Crippen LogP contribution in [0.15, 0.2) is 48.5 Å². The molecule has 0 aliphatic rings. The van der Waals surface area contributed by atoms with E-state index in [4.69, 9.17) is 23.2 Å². The van der Waals surface area contributed by atoms with Crippen molar-refractivity contribution in [2.75, 3.05) is 5.75 Å². The molecule has 2 aromatic rings. The molecule has 0 unspecified atom stereocenters. The summed E-state index contributed by atoms with van der Waals surface area (Å²) in [5, 5.41) is 4.05. The van der Waals surface area contributed by atoms with Crippen LogP contribution in [0.3, 0.4) is 0 Å². The van der Waals surface area contributed by atoms with Crippen molar-refractivity contribution in [2.24, 2.45) is 0 Å². The molecule has 1 N–H and O–H groups in total. The average Bonchev–Trinajstić information content (AvgIpc) is 2.76. The fourth-order valence-corrected chi connectivity index (χ4v) is 4.29. The summed E-state index contributed by atoms with van der Waals surface area (Å²) >= 11 is 13.6. The second kappa shape index (κ2) is 13.0. The van der Waals surface area contributed by atoms with Gasteiger partial charge in [0, 0.05) is 18.3 Å². The molecular formula is C24H30Cl2N2O2S. The van der Waals surface area contributed by atoms with Gasteiger partial charge >= 0.3 is 0 Å². The van der Waals surface area contributed by atoms with Gasteiger partial charge in [-0.25, -0.2) is 0 Å². The highest BCUT2D eigenvalue weighted by atomic mass is 35.5. The van der Waals surface area contributed by atoms with Crippen molar-refractivity contribution >= 4 is 46.8 Å². The first-order valence-corrected chi connectivity index (χ1v) is 12.4. The molecule has 0 aliphatic carbocycles. The fraction of sp³-hybridized carbons (Fsp3) is 0.417. The first kappa shape index (κ1) is 25.6. The van der Waals surface area contributed by atoms with E-state index in [1.807, 2.05) is 63.2 Å². The van der Waals surface area contributed by atoms with Crippen molar-refractivity contribution in [3.05, 3.63) is 69.7 Å². The van der Waals surface area contributed by atoms with Crippen molar-refractivity contribution in [3.8, 4) is 0 Å². The van der Waals surface area contributed by atoms with Crippen molar-refractivity contribution in [2.45, 2.75) is 58.0 Å². The van der Waals surface area contributed by atoms with E-state index in [9.17, 15) is 9.59 Å². The predicted octanol–water partition coefficient (Wildman–Crippen LogP) is 5.95. The molecule has 4 nitrogen and oxygen atoms in total. The maximum Gasteiger partial charge on any atom is 0.243 e. The molecule has 0 bridgehead atoms. The summed E-state index contributed by atoms with van der Waals surface area (Å²) in [7, 11) is 0. The first-order valence-electron chi connectivity index (χ1n) is 10.5. The summed E-state index contributed by atoms with van der Waals surface area (Å²) < 4.78 is 0. The first-order chi connectivity index (χ1) is 14.8. The summed E-state index contributed by atoms with van der Waals surface area (Å²) in [5.74, 6) is 0.758. The second-order valence-corrected chi connectivity index (χ2v) is 9.29. The fourth-order valence-electron chi connectivity index (χ4n) is 3.11. The van der Waals surface area contributed by atoms with Gasteiger partial charge in [-0.05, 0) is 43.0 Å². The third-order valence-electron chi connectivity index (χ3n) is 5.06. The van der Waals surface area contributed by atoms with Crippen LogP contribution in [0.5, 0.6) is 0 Å². The Hall–Kier alpha value is -1.69. The van der Waals surface area contributed by atoms with Gasteiger partial charge in [-0.2, -0.15) is 0 Å². The lowest BCUT2D eigenvalue weighted by atomic mass is 10.1. The molecule has 7 heteroatoms. The molecule has 31 heavy (non-hydrogen) atoms. The van der Waals surface area contributed by atoms with Crippen molar-refractivity contribution in [1.82, 2.24) is 10.2 Å². The number of carbonyl (C=O) groups excluding carboxylic acids is 2. The topological polar surface area (TPSA) is 49.4 Å². The largest absolute Gasteiger partial charge is 0.352 e. The van der Waals surface area contributed by atoms with Crippen LogP contribution in [0.1, 0.15) is 44.7 Å².